The Balaban J connectivity index is 2.28. The van der Waals surface area contributed by atoms with Crippen molar-refractivity contribution in [1.82, 2.24) is 4.98 Å². The van der Waals surface area contributed by atoms with E-state index in [1.165, 1.54) is 6.07 Å². The predicted molar refractivity (Wildman–Crippen MR) is 78.6 cm³/mol. The highest BCUT2D eigenvalue weighted by Crippen LogP contribution is 2.20. The first-order chi connectivity index (χ1) is 9.09. The van der Waals surface area contributed by atoms with Gasteiger partial charge in [0.2, 0.25) is 0 Å². The van der Waals surface area contributed by atoms with Gasteiger partial charge < -0.3 is 10.6 Å². The van der Waals surface area contributed by atoms with Crippen LogP contribution in [0.3, 0.4) is 0 Å². The van der Waals surface area contributed by atoms with Crippen LogP contribution in [0.4, 0.5) is 10.1 Å². The lowest BCUT2D eigenvalue weighted by Gasteiger charge is -2.21. The summed E-state index contributed by atoms with van der Waals surface area (Å²) in [7, 11) is 1.85. The van der Waals surface area contributed by atoms with E-state index in [-0.39, 0.29) is 10.8 Å². The fourth-order valence-electron chi connectivity index (χ4n) is 1.86. The van der Waals surface area contributed by atoms with Crippen LogP contribution >= 0.6 is 12.2 Å². The molecule has 0 amide bonds. The number of rotatable bonds is 4. The van der Waals surface area contributed by atoms with Crippen molar-refractivity contribution < 1.29 is 4.39 Å². The molecule has 0 bridgehead atoms. The zero-order valence-electron chi connectivity index (χ0n) is 10.5. The van der Waals surface area contributed by atoms with Crippen LogP contribution in [0, 0.1) is 5.82 Å². The number of benzene rings is 1. The Morgan fingerprint density at radius 3 is 2.74 bits per heavy atom. The van der Waals surface area contributed by atoms with Crippen molar-refractivity contribution in [1.29, 1.82) is 0 Å². The minimum Gasteiger partial charge on any atom is -0.388 e. The van der Waals surface area contributed by atoms with E-state index in [2.05, 4.69) is 4.98 Å². The molecule has 1 aromatic carbocycles. The molecule has 0 aliphatic rings. The minimum absolute atomic E-state index is 0.227. The predicted octanol–water partition coefficient (Wildman–Crippen LogP) is 2.49. The summed E-state index contributed by atoms with van der Waals surface area (Å²) in [6, 6.07) is 10.3. The number of hydrogen-bond acceptors (Lipinski definition) is 3. The Hall–Kier alpha value is -2.01. The third-order valence-electron chi connectivity index (χ3n) is 2.80. The van der Waals surface area contributed by atoms with Gasteiger partial charge in [0.15, 0.2) is 0 Å². The molecule has 0 spiro atoms. The van der Waals surface area contributed by atoms with Crippen molar-refractivity contribution in [2.45, 2.75) is 6.54 Å². The molecule has 1 heterocycles. The average Bonchev–Trinajstić information content (AvgIpc) is 2.41. The second-order valence-electron chi connectivity index (χ2n) is 4.18. The van der Waals surface area contributed by atoms with E-state index in [0.717, 1.165) is 5.69 Å². The summed E-state index contributed by atoms with van der Waals surface area (Å²) in [6.45, 7) is 0.425. The number of aromatic nitrogens is 1. The lowest BCUT2D eigenvalue weighted by atomic mass is 10.2. The summed E-state index contributed by atoms with van der Waals surface area (Å²) in [5, 5.41) is 0. The number of hydrogen-bond donors (Lipinski definition) is 1. The van der Waals surface area contributed by atoms with Crippen LogP contribution in [0.25, 0.3) is 0 Å². The zero-order valence-corrected chi connectivity index (χ0v) is 11.3. The first-order valence-electron chi connectivity index (χ1n) is 5.79. The summed E-state index contributed by atoms with van der Waals surface area (Å²) in [4.78, 5) is 6.27. The quantitative estimate of drug-likeness (QED) is 0.871. The van der Waals surface area contributed by atoms with Gasteiger partial charge in [0.1, 0.15) is 16.5 Å². The molecule has 0 saturated carbocycles. The molecular formula is C14H14FN3S. The number of thiocarbonyl (C=S) groups is 1. The summed E-state index contributed by atoms with van der Waals surface area (Å²) in [6.07, 6.45) is 1.63. The van der Waals surface area contributed by atoms with Gasteiger partial charge in [-0.1, -0.05) is 30.4 Å². The van der Waals surface area contributed by atoms with Crippen molar-refractivity contribution in [3.05, 3.63) is 59.7 Å². The number of nitrogens with zero attached hydrogens (tertiary/aromatic N) is 2. The van der Waals surface area contributed by atoms with Gasteiger partial charge in [0, 0.05) is 25.4 Å². The Morgan fingerprint density at radius 1 is 1.32 bits per heavy atom. The fraction of sp³-hybridized carbons (Fsp3) is 0.143. The molecule has 98 valence electrons. The molecule has 2 N–H and O–H groups in total. The van der Waals surface area contributed by atoms with Crippen molar-refractivity contribution in [2.24, 2.45) is 5.73 Å². The molecule has 2 aromatic rings. The van der Waals surface area contributed by atoms with Crippen molar-refractivity contribution in [2.75, 3.05) is 11.9 Å². The zero-order chi connectivity index (χ0) is 13.8. The number of nitrogens with two attached hydrogens (primary N) is 1. The van der Waals surface area contributed by atoms with Gasteiger partial charge in [-0.3, -0.25) is 4.98 Å². The summed E-state index contributed by atoms with van der Waals surface area (Å²) in [5.41, 5.74) is 7.60. The van der Waals surface area contributed by atoms with Gasteiger partial charge >= 0.3 is 0 Å². The first-order valence-corrected chi connectivity index (χ1v) is 6.20. The lowest BCUT2D eigenvalue weighted by molar-refractivity contribution is 0.608. The highest BCUT2D eigenvalue weighted by molar-refractivity contribution is 7.80. The SMILES string of the molecule is CN(Cc1ccccc1F)c1cccnc1C(N)=S. The Morgan fingerprint density at radius 2 is 2.05 bits per heavy atom. The van der Waals surface area contributed by atoms with Crippen LogP contribution in [0.5, 0.6) is 0 Å². The second-order valence-corrected chi connectivity index (χ2v) is 4.62. The average molecular weight is 275 g/mol. The van der Waals surface area contributed by atoms with Gasteiger partial charge in [-0.05, 0) is 18.2 Å². The van der Waals surface area contributed by atoms with Gasteiger partial charge in [-0.2, -0.15) is 0 Å². The third kappa shape index (κ3) is 3.06. The van der Waals surface area contributed by atoms with Gasteiger partial charge in [0.05, 0.1) is 5.69 Å². The highest BCUT2D eigenvalue weighted by atomic mass is 32.1. The maximum Gasteiger partial charge on any atom is 0.128 e. The maximum absolute atomic E-state index is 13.6. The first kappa shape index (κ1) is 13.4. The number of pyridine rings is 1. The molecule has 5 heteroatoms. The monoisotopic (exact) mass is 275 g/mol. The van der Waals surface area contributed by atoms with E-state index >= 15 is 0 Å². The van der Waals surface area contributed by atoms with Crippen LogP contribution in [0.2, 0.25) is 0 Å². The van der Waals surface area contributed by atoms with Crippen LogP contribution in [0.15, 0.2) is 42.6 Å². The van der Waals surface area contributed by atoms with E-state index in [4.69, 9.17) is 18.0 Å². The topological polar surface area (TPSA) is 42.2 Å². The van der Waals surface area contributed by atoms with E-state index in [0.29, 0.717) is 17.8 Å². The summed E-state index contributed by atoms with van der Waals surface area (Å²) < 4.78 is 13.6. The molecule has 0 radical (unpaired) electrons. The molecule has 0 atom stereocenters. The summed E-state index contributed by atoms with van der Waals surface area (Å²) >= 11 is 4.97. The van der Waals surface area contributed by atoms with E-state index in [1.54, 1.807) is 24.4 Å². The van der Waals surface area contributed by atoms with E-state index in [9.17, 15) is 4.39 Å². The van der Waals surface area contributed by atoms with Crippen molar-refractivity contribution in [3.8, 4) is 0 Å². The molecule has 1 aromatic heterocycles. The summed E-state index contributed by atoms with van der Waals surface area (Å²) in [5.74, 6) is -0.227. The maximum atomic E-state index is 13.6. The third-order valence-corrected chi connectivity index (χ3v) is 2.99. The normalized spacial score (nSPS) is 10.2. The standard InChI is InChI=1S/C14H14FN3S/c1-18(9-10-5-2-3-6-11(10)15)12-7-4-8-17-13(12)14(16)19/h2-8H,9H2,1H3,(H2,16,19). The molecule has 0 aliphatic carbocycles. The molecule has 0 fully saturated rings. The van der Waals surface area contributed by atoms with Crippen LogP contribution in [-0.2, 0) is 6.54 Å². The van der Waals surface area contributed by atoms with E-state index < -0.39 is 0 Å². The second kappa shape index (κ2) is 5.75. The Kier molecular flexibility index (Phi) is 4.06. The highest BCUT2D eigenvalue weighted by Gasteiger charge is 2.12. The van der Waals surface area contributed by atoms with Crippen LogP contribution in [-0.4, -0.2) is 17.0 Å². The van der Waals surface area contributed by atoms with Crippen molar-refractivity contribution in [3.63, 3.8) is 0 Å². The van der Waals surface area contributed by atoms with Crippen LogP contribution in [0.1, 0.15) is 11.3 Å². The smallest absolute Gasteiger partial charge is 0.128 e. The van der Waals surface area contributed by atoms with Gasteiger partial charge in [0.25, 0.3) is 0 Å². The largest absolute Gasteiger partial charge is 0.388 e. The molecular weight excluding hydrogens is 261 g/mol. The van der Waals surface area contributed by atoms with Gasteiger partial charge in [-0.25, -0.2) is 4.39 Å². The molecule has 3 nitrogen and oxygen atoms in total. The molecule has 19 heavy (non-hydrogen) atoms. The molecule has 0 saturated heterocycles. The van der Waals surface area contributed by atoms with Gasteiger partial charge in [-0.15, -0.1) is 0 Å². The Bertz CT molecular complexity index is 601. The van der Waals surface area contributed by atoms with E-state index in [1.807, 2.05) is 24.1 Å². The molecule has 0 aliphatic heterocycles. The number of halogens is 1. The fourth-order valence-corrected chi connectivity index (χ4v) is 2.02. The van der Waals surface area contributed by atoms with Crippen LogP contribution < -0.4 is 10.6 Å². The number of anilines is 1. The lowest BCUT2D eigenvalue weighted by Crippen LogP contribution is -2.23. The minimum atomic E-state index is -0.227. The van der Waals surface area contributed by atoms with Crippen molar-refractivity contribution >= 4 is 22.9 Å². The Labute approximate surface area is 116 Å². The molecule has 2 rings (SSSR count). The molecule has 0 unspecified atom stereocenters.